The van der Waals surface area contributed by atoms with Crippen molar-refractivity contribution in [3.05, 3.63) is 59.5 Å². The van der Waals surface area contributed by atoms with Crippen molar-refractivity contribution in [2.45, 2.75) is 39.3 Å². The van der Waals surface area contributed by atoms with Crippen LogP contribution in [0.25, 0.3) is 22.4 Å². The van der Waals surface area contributed by atoms with Crippen LogP contribution in [0.15, 0.2) is 41.2 Å². The Morgan fingerprint density at radius 3 is 2.86 bits per heavy atom. The van der Waals surface area contributed by atoms with Gasteiger partial charge in [-0.3, -0.25) is 9.88 Å². The van der Waals surface area contributed by atoms with E-state index in [9.17, 15) is 0 Å². The van der Waals surface area contributed by atoms with Gasteiger partial charge in [0.25, 0.3) is 0 Å². The van der Waals surface area contributed by atoms with Crippen molar-refractivity contribution in [2.75, 3.05) is 6.54 Å². The summed E-state index contributed by atoms with van der Waals surface area (Å²) in [6.07, 6.45) is 5.59. The minimum atomic E-state index is 0.124. The Kier molecular flexibility index (Phi) is 4.16. The van der Waals surface area contributed by atoms with E-state index in [-0.39, 0.29) is 6.04 Å². The molecule has 3 aromatic heterocycles. The zero-order valence-electron chi connectivity index (χ0n) is 16.0. The maximum atomic E-state index is 5.61. The SMILES string of the molecule is Cc1ccc2[nH]c(CN3CCC[C@@H]3c3nc(-c4ccncc4)no3)nc2c1C. The second-order valence-corrected chi connectivity index (χ2v) is 7.41. The first kappa shape index (κ1) is 17.1. The molecule has 0 spiro atoms. The van der Waals surface area contributed by atoms with Crippen LogP contribution in [0.4, 0.5) is 0 Å². The van der Waals surface area contributed by atoms with Crippen molar-refractivity contribution in [3.8, 4) is 11.4 Å². The Morgan fingerprint density at radius 2 is 2.00 bits per heavy atom. The Bertz CT molecular complexity index is 1120. The van der Waals surface area contributed by atoms with Crippen molar-refractivity contribution in [3.63, 3.8) is 0 Å². The third kappa shape index (κ3) is 2.97. The van der Waals surface area contributed by atoms with Gasteiger partial charge in [-0.25, -0.2) is 4.98 Å². The molecule has 1 aromatic carbocycles. The average molecular weight is 374 g/mol. The van der Waals surface area contributed by atoms with Crippen molar-refractivity contribution < 1.29 is 4.52 Å². The Hall–Kier alpha value is -3.06. The van der Waals surface area contributed by atoms with E-state index in [0.717, 1.165) is 48.4 Å². The van der Waals surface area contributed by atoms with Crippen LogP contribution < -0.4 is 0 Å². The molecule has 1 aliphatic rings. The van der Waals surface area contributed by atoms with Crippen LogP contribution in [0.2, 0.25) is 0 Å². The van der Waals surface area contributed by atoms with Crippen molar-refractivity contribution in [1.82, 2.24) is 30.0 Å². The summed E-state index contributed by atoms with van der Waals surface area (Å²) >= 11 is 0. The van der Waals surface area contributed by atoms with Gasteiger partial charge >= 0.3 is 0 Å². The van der Waals surface area contributed by atoms with Gasteiger partial charge in [0, 0.05) is 18.0 Å². The molecular formula is C21H22N6O. The van der Waals surface area contributed by atoms with Crippen LogP contribution in [0, 0.1) is 13.8 Å². The normalized spacial score (nSPS) is 17.6. The lowest BCUT2D eigenvalue weighted by Gasteiger charge is -2.19. The van der Waals surface area contributed by atoms with Gasteiger partial charge in [-0.05, 0) is 62.6 Å². The van der Waals surface area contributed by atoms with Crippen LogP contribution in [0.5, 0.6) is 0 Å². The van der Waals surface area contributed by atoms with Crippen molar-refractivity contribution in [2.24, 2.45) is 0 Å². The molecular weight excluding hydrogens is 352 g/mol. The topological polar surface area (TPSA) is 83.7 Å². The Morgan fingerprint density at radius 1 is 1.14 bits per heavy atom. The quantitative estimate of drug-likeness (QED) is 0.582. The number of likely N-dealkylation sites (tertiary alicyclic amines) is 1. The summed E-state index contributed by atoms with van der Waals surface area (Å²) in [6.45, 7) is 5.98. The molecule has 0 unspecified atom stereocenters. The first-order chi connectivity index (χ1) is 13.7. The molecule has 1 fully saturated rings. The summed E-state index contributed by atoms with van der Waals surface area (Å²) in [5.41, 5.74) is 5.56. The fourth-order valence-electron chi connectivity index (χ4n) is 3.92. The molecule has 1 aliphatic heterocycles. The number of pyridine rings is 1. The summed E-state index contributed by atoms with van der Waals surface area (Å²) in [6, 6.07) is 8.14. The molecule has 0 aliphatic carbocycles. The highest BCUT2D eigenvalue weighted by Gasteiger charge is 2.31. The van der Waals surface area contributed by atoms with Gasteiger partial charge in [-0.2, -0.15) is 4.98 Å². The van der Waals surface area contributed by atoms with E-state index in [2.05, 4.69) is 51.0 Å². The molecule has 4 aromatic rings. The largest absolute Gasteiger partial charge is 0.341 e. The van der Waals surface area contributed by atoms with Gasteiger partial charge in [0.15, 0.2) is 0 Å². The number of imidazole rings is 1. The summed E-state index contributed by atoms with van der Waals surface area (Å²) in [4.78, 5) is 19.4. The summed E-state index contributed by atoms with van der Waals surface area (Å²) in [5, 5.41) is 4.16. The number of fused-ring (bicyclic) bond motifs is 1. The first-order valence-electron chi connectivity index (χ1n) is 9.62. The second kappa shape index (κ2) is 6.83. The number of aryl methyl sites for hydroxylation is 2. The predicted octanol–water partition coefficient (Wildman–Crippen LogP) is 3.96. The van der Waals surface area contributed by atoms with E-state index < -0.39 is 0 Å². The van der Waals surface area contributed by atoms with Gasteiger partial charge in [-0.15, -0.1) is 0 Å². The third-order valence-electron chi connectivity index (χ3n) is 5.61. The number of aromatic amines is 1. The molecule has 28 heavy (non-hydrogen) atoms. The summed E-state index contributed by atoms with van der Waals surface area (Å²) in [7, 11) is 0. The summed E-state index contributed by atoms with van der Waals surface area (Å²) < 4.78 is 5.61. The van der Waals surface area contributed by atoms with E-state index in [1.165, 1.54) is 11.1 Å². The van der Waals surface area contributed by atoms with Crippen LogP contribution in [0.3, 0.4) is 0 Å². The molecule has 0 amide bonds. The smallest absolute Gasteiger partial charge is 0.244 e. The van der Waals surface area contributed by atoms with Crippen molar-refractivity contribution >= 4 is 11.0 Å². The summed E-state index contributed by atoms with van der Waals surface area (Å²) in [5.74, 6) is 2.26. The number of nitrogens with one attached hydrogen (secondary N) is 1. The first-order valence-corrected chi connectivity index (χ1v) is 9.62. The number of aromatic nitrogens is 5. The highest BCUT2D eigenvalue weighted by molar-refractivity contribution is 5.79. The van der Waals surface area contributed by atoms with E-state index in [1.54, 1.807) is 12.4 Å². The minimum Gasteiger partial charge on any atom is -0.341 e. The molecule has 4 heterocycles. The molecule has 1 N–H and O–H groups in total. The number of H-pyrrole nitrogens is 1. The number of nitrogens with zero attached hydrogens (tertiary/aromatic N) is 5. The number of hydrogen-bond donors (Lipinski definition) is 1. The van der Waals surface area contributed by atoms with E-state index in [4.69, 9.17) is 9.51 Å². The van der Waals surface area contributed by atoms with E-state index in [0.29, 0.717) is 11.7 Å². The van der Waals surface area contributed by atoms with Gasteiger partial charge in [-0.1, -0.05) is 11.2 Å². The Balaban J connectivity index is 1.39. The van der Waals surface area contributed by atoms with E-state index in [1.807, 2.05) is 12.1 Å². The fraction of sp³-hybridized carbons (Fsp3) is 0.333. The standard InChI is InChI=1S/C21H22N6O/c1-13-5-6-16-19(14(13)2)24-18(23-16)12-27-11-3-4-17(27)21-25-20(26-28-21)15-7-9-22-10-8-15/h5-10,17H,3-4,11-12H2,1-2H3,(H,23,24)/t17-/m1/s1. The second-order valence-electron chi connectivity index (χ2n) is 7.41. The molecule has 0 saturated carbocycles. The fourth-order valence-corrected chi connectivity index (χ4v) is 3.92. The molecule has 0 radical (unpaired) electrons. The Labute approximate surface area is 162 Å². The van der Waals surface area contributed by atoms with Crippen LogP contribution in [0.1, 0.15) is 41.7 Å². The van der Waals surface area contributed by atoms with Gasteiger partial charge in [0.2, 0.25) is 11.7 Å². The maximum Gasteiger partial charge on any atom is 0.244 e. The van der Waals surface area contributed by atoms with Gasteiger partial charge in [0.1, 0.15) is 5.82 Å². The van der Waals surface area contributed by atoms with Crippen molar-refractivity contribution in [1.29, 1.82) is 0 Å². The zero-order chi connectivity index (χ0) is 19.1. The lowest BCUT2D eigenvalue weighted by Crippen LogP contribution is -2.23. The average Bonchev–Trinajstić information content (AvgIpc) is 3.45. The number of benzene rings is 1. The molecule has 142 valence electrons. The third-order valence-corrected chi connectivity index (χ3v) is 5.61. The molecule has 7 nitrogen and oxygen atoms in total. The molecule has 1 saturated heterocycles. The van der Waals surface area contributed by atoms with Gasteiger partial charge in [0.05, 0.1) is 23.6 Å². The lowest BCUT2D eigenvalue weighted by molar-refractivity contribution is 0.197. The monoisotopic (exact) mass is 374 g/mol. The number of rotatable bonds is 4. The molecule has 5 rings (SSSR count). The molecule has 0 bridgehead atoms. The van der Waals surface area contributed by atoms with Crippen LogP contribution >= 0.6 is 0 Å². The highest BCUT2D eigenvalue weighted by atomic mass is 16.5. The highest BCUT2D eigenvalue weighted by Crippen LogP contribution is 2.33. The van der Waals surface area contributed by atoms with Crippen LogP contribution in [-0.2, 0) is 6.54 Å². The molecule has 7 heteroatoms. The predicted molar refractivity (Wildman–Crippen MR) is 105 cm³/mol. The lowest BCUT2D eigenvalue weighted by atomic mass is 10.1. The van der Waals surface area contributed by atoms with Gasteiger partial charge < -0.3 is 9.51 Å². The maximum absolute atomic E-state index is 5.61. The minimum absolute atomic E-state index is 0.124. The molecule has 1 atom stereocenters. The van der Waals surface area contributed by atoms with E-state index >= 15 is 0 Å². The number of hydrogen-bond acceptors (Lipinski definition) is 6. The zero-order valence-corrected chi connectivity index (χ0v) is 16.0. The van der Waals surface area contributed by atoms with Crippen LogP contribution in [-0.4, -0.2) is 36.5 Å².